The molecule has 2 aromatic rings. The van der Waals surface area contributed by atoms with Gasteiger partial charge in [-0.2, -0.15) is 0 Å². The number of rotatable bonds is 3. The molecule has 3 nitrogen and oxygen atoms in total. The summed E-state index contributed by atoms with van der Waals surface area (Å²) in [5.41, 5.74) is 0.963. The zero-order valence-electron chi connectivity index (χ0n) is 10.3. The first kappa shape index (κ1) is 15.1. The van der Waals surface area contributed by atoms with Crippen LogP contribution >= 0.6 is 23.2 Å². The second-order valence-corrected chi connectivity index (χ2v) is 6.58. The van der Waals surface area contributed by atoms with Crippen LogP contribution in [0.4, 0.5) is 10.1 Å². The second kappa shape index (κ2) is 5.60. The van der Waals surface area contributed by atoms with E-state index in [-0.39, 0.29) is 20.6 Å². The molecule has 0 saturated carbocycles. The Hall–Kier alpha value is -1.30. The molecule has 0 heterocycles. The van der Waals surface area contributed by atoms with E-state index in [2.05, 4.69) is 4.72 Å². The van der Waals surface area contributed by atoms with Gasteiger partial charge in [-0.1, -0.05) is 40.9 Å². The van der Waals surface area contributed by atoms with E-state index in [0.717, 1.165) is 11.6 Å². The van der Waals surface area contributed by atoms with Gasteiger partial charge in [-0.15, -0.1) is 0 Å². The molecule has 0 aliphatic carbocycles. The number of sulfonamides is 1. The van der Waals surface area contributed by atoms with E-state index in [1.807, 2.05) is 6.92 Å². The van der Waals surface area contributed by atoms with E-state index in [1.54, 1.807) is 12.1 Å². The fourth-order valence-electron chi connectivity index (χ4n) is 1.53. The van der Waals surface area contributed by atoms with Crippen molar-refractivity contribution in [1.82, 2.24) is 0 Å². The van der Waals surface area contributed by atoms with Crippen LogP contribution < -0.4 is 4.72 Å². The zero-order chi connectivity index (χ0) is 14.9. The quantitative estimate of drug-likeness (QED) is 0.854. The maximum atomic E-state index is 13.2. The van der Waals surface area contributed by atoms with Gasteiger partial charge >= 0.3 is 0 Å². The fraction of sp³-hybridized carbons (Fsp3) is 0.0769. The maximum absolute atomic E-state index is 13.2. The summed E-state index contributed by atoms with van der Waals surface area (Å²) in [6, 6.07) is 8.55. The van der Waals surface area contributed by atoms with Crippen LogP contribution in [0.25, 0.3) is 0 Å². The molecule has 1 N–H and O–H groups in total. The Balaban J connectivity index is 2.38. The van der Waals surface area contributed by atoms with Gasteiger partial charge in [-0.05, 0) is 31.2 Å². The molecule has 0 saturated heterocycles. The molecule has 0 unspecified atom stereocenters. The van der Waals surface area contributed by atoms with Crippen molar-refractivity contribution >= 4 is 38.9 Å². The average Bonchev–Trinajstić information content (AvgIpc) is 2.40. The first-order chi connectivity index (χ1) is 9.31. The third-order valence-electron chi connectivity index (χ3n) is 2.61. The number of hydrogen-bond donors (Lipinski definition) is 1. The van der Waals surface area contributed by atoms with Gasteiger partial charge in [0.15, 0.2) is 0 Å². The van der Waals surface area contributed by atoms with Gasteiger partial charge in [0.1, 0.15) is 5.82 Å². The number of nitrogens with one attached hydrogen (secondary N) is 1. The number of halogens is 3. The lowest BCUT2D eigenvalue weighted by molar-refractivity contribution is 0.601. The van der Waals surface area contributed by atoms with Crippen molar-refractivity contribution in [2.24, 2.45) is 0 Å². The van der Waals surface area contributed by atoms with Crippen molar-refractivity contribution in [2.45, 2.75) is 11.8 Å². The summed E-state index contributed by atoms with van der Waals surface area (Å²) in [5, 5.41) is -0.502. The molecule has 0 amide bonds. The molecule has 2 rings (SSSR count). The summed E-state index contributed by atoms with van der Waals surface area (Å²) in [6.45, 7) is 1.85. The molecule has 0 spiro atoms. The molecule has 7 heteroatoms. The average molecular weight is 334 g/mol. The minimum absolute atomic E-state index is 0.0265. The normalized spacial score (nSPS) is 11.4. The first-order valence-corrected chi connectivity index (χ1v) is 7.78. The largest absolute Gasteiger partial charge is 0.278 e. The smallest absolute Gasteiger partial charge is 0.261 e. The molecule has 2 aromatic carbocycles. The summed E-state index contributed by atoms with van der Waals surface area (Å²) < 4.78 is 39.8. The summed E-state index contributed by atoms with van der Waals surface area (Å²) in [6.07, 6.45) is 0. The van der Waals surface area contributed by atoms with Crippen LogP contribution in [-0.4, -0.2) is 8.42 Å². The van der Waals surface area contributed by atoms with Crippen LogP contribution in [0.5, 0.6) is 0 Å². The molecule has 0 aliphatic rings. The predicted molar refractivity (Wildman–Crippen MR) is 78.4 cm³/mol. The van der Waals surface area contributed by atoms with Crippen LogP contribution in [0.2, 0.25) is 10.0 Å². The van der Waals surface area contributed by atoms with Crippen molar-refractivity contribution in [3.63, 3.8) is 0 Å². The molecular formula is C13H10Cl2FNO2S. The lowest BCUT2D eigenvalue weighted by atomic mass is 10.2. The van der Waals surface area contributed by atoms with E-state index < -0.39 is 15.8 Å². The van der Waals surface area contributed by atoms with Crippen LogP contribution in [0.15, 0.2) is 41.3 Å². The van der Waals surface area contributed by atoms with Crippen molar-refractivity contribution in [2.75, 3.05) is 4.72 Å². The summed E-state index contributed by atoms with van der Waals surface area (Å²) in [7, 11) is -3.80. The van der Waals surface area contributed by atoms with Crippen LogP contribution in [0.3, 0.4) is 0 Å². The highest BCUT2D eigenvalue weighted by Gasteiger charge is 2.17. The summed E-state index contributed by atoms with van der Waals surface area (Å²) in [4.78, 5) is 0.0830. The lowest BCUT2D eigenvalue weighted by Gasteiger charge is -2.11. The number of benzene rings is 2. The second-order valence-electron chi connectivity index (χ2n) is 4.14. The molecular weight excluding hydrogens is 324 g/mol. The molecule has 0 radical (unpaired) electrons. The molecule has 0 bridgehead atoms. The van der Waals surface area contributed by atoms with E-state index in [9.17, 15) is 12.8 Å². The minimum atomic E-state index is -3.80. The third-order valence-corrected chi connectivity index (χ3v) is 4.85. The van der Waals surface area contributed by atoms with Gasteiger partial charge in [0.25, 0.3) is 10.0 Å². The number of anilines is 1. The Labute approximate surface area is 126 Å². The highest BCUT2D eigenvalue weighted by Crippen LogP contribution is 2.33. The van der Waals surface area contributed by atoms with Gasteiger partial charge in [-0.3, -0.25) is 4.72 Å². The SMILES string of the molecule is Cc1ccc(S(=O)(=O)Nc2ccc(F)c(Cl)c2Cl)cc1. The minimum Gasteiger partial charge on any atom is -0.278 e. The van der Waals surface area contributed by atoms with E-state index in [4.69, 9.17) is 23.2 Å². The van der Waals surface area contributed by atoms with Crippen molar-refractivity contribution in [3.8, 4) is 0 Å². The van der Waals surface area contributed by atoms with Gasteiger partial charge in [0, 0.05) is 0 Å². The van der Waals surface area contributed by atoms with Crippen LogP contribution in [0.1, 0.15) is 5.56 Å². The summed E-state index contributed by atoms with van der Waals surface area (Å²) in [5.74, 6) is -0.713. The molecule has 0 atom stereocenters. The zero-order valence-corrected chi connectivity index (χ0v) is 12.7. The van der Waals surface area contributed by atoms with Gasteiger partial charge in [0.05, 0.1) is 20.6 Å². The van der Waals surface area contributed by atoms with Crippen molar-refractivity contribution < 1.29 is 12.8 Å². The Morgan fingerprint density at radius 3 is 2.20 bits per heavy atom. The van der Waals surface area contributed by atoms with Crippen LogP contribution in [-0.2, 0) is 10.0 Å². The topological polar surface area (TPSA) is 46.2 Å². The summed E-state index contributed by atoms with van der Waals surface area (Å²) >= 11 is 11.5. The Kier molecular flexibility index (Phi) is 4.22. The highest BCUT2D eigenvalue weighted by molar-refractivity contribution is 7.92. The molecule has 20 heavy (non-hydrogen) atoms. The van der Waals surface area contributed by atoms with Gasteiger partial charge in [0.2, 0.25) is 0 Å². The predicted octanol–water partition coefficient (Wildman–Crippen LogP) is 4.24. The highest BCUT2D eigenvalue weighted by atomic mass is 35.5. The first-order valence-electron chi connectivity index (χ1n) is 5.54. The molecule has 106 valence electrons. The van der Waals surface area contributed by atoms with Crippen molar-refractivity contribution in [3.05, 3.63) is 57.8 Å². The van der Waals surface area contributed by atoms with Crippen molar-refractivity contribution in [1.29, 1.82) is 0 Å². The number of hydrogen-bond acceptors (Lipinski definition) is 2. The molecule has 0 aliphatic heterocycles. The number of aryl methyl sites for hydroxylation is 1. The van der Waals surface area contributed by atoms with Crippen LogP contribution in [0, 0.1) is 12.7 Å². The van der Waals surface area contributed by atoms with E-state index in [1.165, 1.54) is 18.2 Å². The van der Waals surface area contributed by atoms with E-state index in [0.29, 0.717) is 0 Å². The maximum Gasteiger partial charge on any atom is 0.261 e. The standard InChI is InChI=1S/C13H10Cl2FNO2S/c1-8-2-4-9(5-3-8)20(18,19)17-11-7-6-10(16)12(14)13(11)15/h2-7,17H,1H3. The third kappa shape index (κ3) is 3.06. The van der Waals surface area contributed by atoms with Gasteiger partial charge in [-0.25, -0.2) is 12.8 Å². The Bertz CT molecular complexity index is 746. The monoisotopic (exact) mass is 333 g/mol. The lowest BCUT2D eigenvalue weighted by Crippen LogP contribution is -2.13. The van der Waals surface area contributed by atoms with Gasteiger partial charge < -0.3 is 0 Å². The molecule has 0 aromatic heterocycles. The molecule has 0 fully saturated rings. The Morgan fingerprint density at radius 2 is 1.60 bits per heavy atom. The van der Waals surface area contributed by atoms with E-state index >= 15 is 0 Å². The Morgan fingerprint density at radius 1 is 1.00 bits per heavy atom. The fourth-order valence-corrected chi connectivity index (χ4v) is 3.02.